The van der Waals surface area contributed by atoms with E-state index in [-0.39, 0.29) is 11.9 Å². The van der Waals surface area contributed by atoms with Crippen LogP contribution in [-0.4, -0.2) is 24.9 Å². The summed E-state index contributed by atoms with van der Waals surface area (Å²) in [7, 11) is 3.05. The van der Waals surface area contributed by atoms with E-state index in [2.05, 4.69) is 16.0 Å². The molecule has 26 heavy (non-hydrogen) atoms. The van der Waals surface area contributed by atoms with Crippen LogP contribution >= 0.6 is 11.8 Å². The molecule has 0 aliphatic carbocycles. The normalized spacial score (nSPS) is 11.9. The summed E-state index contributed by atoms with van der Waals surface area (Å²) in [5, 5.41) is 8.86. The standard InChI is InChI=1S/C17H16F3N5S/c1-4-26-12-7-10(5-6-21)9-22-14(12)15-23-11-8-13(17(18,19)20)24(2)16(11)25(15)3/h7-9H,4-5H2,1-3H3. The third-order valence-electron chi connectivity index (χ3n) is 4.04. The molecule has 3 rings (SSSR count). The van der Waals surface area contributed by atoms with E-state index in [9.17, 15) is 13.2 Å². The van der Waals surface area contributed by atoms with Crippen molar-refractivity contribution in [1.82, 2.24) is 19.1 Å². The van der Waals surface area contributed by atoms with E-state index in [0.29, 0.717) is 17.2 Å². The maximum Gasteiger partial charge on any atom is 0.431 e. The Labute approximate surface area is 152 Å². The highest BCUT2D eigenvalue weighted by Gasteiger charge is 2.36. The first-order valence-corrected chi connectivity index (χ1v) is 8.84. The summed E-state index contributed by atoms with van der Waals surface area (Å²) in [6.07, 6.45) is -2.57. The first kappa shape index (κ1) is 18.3. The largest absolute Gasteiger partial charge is 0.431 e. The van der Waals surface area contributed by atoms with Gasteiger partial charge in [0, 0.05) is 25.2 Å². The Kier molecular flexibility index (Phi) is 4.71. The number of aromatic nitrogens is 4. The molecular weight excluding hydrogens is 363 g/mol. The second-order valence-corrected chi connectivity index (χ2v) is 7.05. The van der Waals surface area contributed by atoms with Crippen LogP contribution in [0, 0.1) is 11.3 Å². The molecule has 3 heterocycles. The van der Waals surface area contributed by atoms with Crippen LogP contribution in [0.5, 0.6) is 0 Å². The zero-order valence-corrected chi connectivity index (χ0v) is 15.2. The van der Waals surface area contributed by atoms with Gasteiger partial charge in [-0.3, -0.25) is 4.98 Å². The van der Waals surface area contributed by atoms with Crippen LogP contribution in [0.25, 0.3) is 22.7 Å². The fourth-order valence-corrected chi connectivity index (χ4v) is 3.76. The Bertz CT molecular complexity index is 1010. The van der Waals surface area contributed by atoms with Gasteiger partial charge in [-0.1, -0.05) is 6.92 Å². The van der Waals surface area contributed by atoms with Crippen LogP contribution in [0.15, 0.2) is 23.2 Å². The average Bonchev–Trinajstić information content (AvgIpc) is 3.06. The fourth-order valence-electron chi connectivity index (χ4n) is 2.94. The molecule has 0 atom stereocenters. The fraction of sp³-hybridized carbons (Fsp3) is 0.353. The van der Waals surface area contributed by atoms with Gasteiger partial charge in [0.05, 0.1) is 12.5 Å². The lowest BCUT2D eigenvalue weighted by atomic mass is 10.2. The molecule has 3 aromatic rings. The van der Waals surface area contributed by atoms with E-state index in [1.54, 1.807) is 29.6 Å². The number of hydrogen-bond acceptors (Lipinski definition) is 4. The number of nitriles is 1. The number of nitrogens with zero attached hydrogens (tertiary/aromatic N) is 5. The highest BCUT2D eigenvalue weighted by Crippen LogP contribution is 2.36. The van der Waals surface area contributed by atoms with Crippen LogP contribution < -0.4 is 0 Å². The van der Waals surface area contributed by atoms with Crippen molar-refractivity contribution in [2.45, 2.75) is 24.4 Å². The van der Waals surface area contributed by atoms with E-state index < -0.39 is 11.9 Å². The van der Waals surface area contributed by atoms with Crippen molar-refractivity contribution in [1.29, 1.82) is 5.26 Å². The molecule has 0 saturated carbocycles. The van der Waals surface area contributed by atoms with Gasteiger partial charge in [-0.25, -0.2) is 4.98 Å². The van der Waals surface area contributed by atoms with Gasteiger partial charge in [-0.2, -0.15) is 18.4 Å². The summed E-state index contributed by atoms with van der Waals surface area (Å²) in [4.78, 5) is 9.69. The topological polar surface area (TPSA) is 59.4 Å². The Morgan fingerprint density at radius 1 is 1.23 bits per heavy atom. The Balaban J connectivity index is 2.17. The maximum absolute atomic E-state index is 13.1. The van der Waals surface area contributed by atoms with Crippen molar-refractivity contribution in [2.24, 2.45) is 14.1 Å². The van der Waals surface area contributed by atoms with Gasteiger partial charge in [0.1, 0.15) is 22.6 Å². The molecule has 0 bridgehead atoms. The van der Waals surface area contributed by atoms with Crippen molar-refractivity contribution in [3.63, 3.8) is 0 Å². The van der Waals surface area contributed by atoms with Gasteiger partial charge in [0.25, 0.3) is 0 Å². The number of thioether (sulfide) groups is 1. The van der Waals surface area contributed by atoms with Crippen molar-refractivity contribution in [3.05, 3.63) is 29.6 Å². The molecule has 0 aliphatic rings. The van der Waals surface area contributed by atoms with E-state index in [1.807, 2.05) is 13.0 Å². The highest BCUT2D eigenvalue weighted by atomic mass is 32.2. The molecule has 0 fully saturated rings. The van der Waals surface area contributed by atoms with E-state index >= 15 is 0 Å². The molecular formula is C17H16F3N5S. The number of alkyl halides is 3. The summed E-state index contributed by atoms with van der Waals surface area (Å²) in [5.74, 6) is 1.30. The molecule has 0 spiro atoms. The molecule has 5 nitrogen and oxygen atoms in total. The lowest BCUT2D eigenvalue weighted by molar-refractivity contribution is -0.142. The minimum Gasteiger partial charge on any atom is -0.325 e. The molecule has 3 aromatic heterocycles. The van der Waals surface area contributed by atoms with Crippen LogP contribution in [-0.2, 0) is 26.7 Å². The molecule has 0 saturated heterocycles. The molecule has 0 amide bonds. The molecule has 9 heteroatoms. The maximum atomic E-state index is 13.1. The van der Waals surface area contributed by atoms with Crippen LogP contribution in [0.4, 0.5) is 13.2 Å². The highest BCUT2D eigenvalue weighted by molar-refractivity contribution is 7.99. The van der Waals surface area contributed by atoms with Gasteiger partial charge >= 0.3 is 6.18 Å². The van der Waals surface area contributed by atoms with E-state index in [0.717, 1.165) is 26.8 Å². The first-order chi connectivity index (χ1) is 12.3. The Morgan fingerprint density at radius 2 is 1.96 bits per heavy atom. The van der Waals surface area contributed by atoms with Crippen LogP contribution in [0.2, 0.25) is 0 Å². The number of fused-ring (bicyclic) bond motifs is 1. The number of rotatable bonds is 4. The summed E-state index contributed by atoms with van der Waals surface area (Å²) < 4.78 is 42.0. The smallest absolute Gasteiger partial charge is 0.325 e. The predicted octanol–water partition coefficient (Wildman–Crippen LogP) is 4.17. The molecule has 0 radical (unpaired) electrons. The monoisotopic (exact) mass is 379 g/mol. The first-order valence-electron chi connectivity index (χ1n) is 7.86. The molecule has 0 aliphatic heterocycles. The number of hydrogen-bond donors (Lipinski definition) is 0. The minimum absolute atomic E-state index is 0.252. The second kappa shape index (κ2) is 6.68. The van der Waals surface area contributed by atoms with Crippen LogP contribution in [0.1, 0.15) is 18.2 Å². The number of aryl methyl sites for hydroxylation is 2. The van der Waals surface area contributed by atoms with Crippen molar-refractivity contribution in [2.75, 3.05) is 5.75 Å². The summed E-state index contributed by atoms with van der Waals surface area (Å²) in [6.45, 7) is 2.00. The Hall–Kier alpha value is -2.47. The number of imidazole rings is 1. The van der Waals surface area contributed by atoms with Crippen molar-refractivity contribution < 1.29 is 13.2 Å². The van der Waals surface area contributed by atoms with E-state index in [4.69, 9.17) is 5.26 Å². The lowest BCUT2D eigenvalue weighted by Crippen LogP contribution is -2.12. The third kappa shape index (κ3) is 3.05. The minimum atomic E-state index is -4.43. The zero-order chi connectivity index (χ0) is 19.1. The van der Waals surface area contributed by atoms with E-state index in [1.165, 1.54) is 7.05 Å². The predicted molar refractivity (Wildman–Crippen MR) is 93.6 cm³/mol. The molecule has 136 valence electrons. The van der Waals surface area contributed by atoms with Gasteiger partial charge in [-0.05, 0) is 23.4 Å². The molecule has 0 unspecified atom stereocenters. The molecule has 0 N–H and O–H groups in total. The number of halogens is 3. The second-order valence-electron chi connectivity index (χ2n) is 5.75. The summed E-state index contributed by atoms with van der Waals surface area (Å²) in [6, 6.07) is 5.03. The van der Waals surface area contributed by atoms with Crippen molar-refractivity contribution in [3.8, 4) is 17.6 Å². The van der Waals surface area contributed by atoms with Gasteiger partial charge < -0.3 is 9.13 Å². The molecule has 0 aromatic carbocycles. The average molecular weight is 379 g/mol. The summed E-state index contributed by atoms with van der Waals surface area (Å²) >= 11 is 1.56. The number of pyridine rings is 1. The SMILES string of the molecule is CCSc1cc(CC#N)cnc1-c1nc2cc(C(F)(F)F)n(C)c2n1C. The van der Waals surface area contributed by atoms with Gasteiger partial charge in [-0.15, -0.1) is 11.8 Å². The van der Waals surface area contributed by atoms with Crippen molar-refractivity contribution >= 4 is 22.9 Å². The quantitative estimate of drug-likeness (QED) is 0.639. The summed E-state index contributed by atoms with van der Waals surface area (Å²) in [5.41, 5.74) is 1.31. The third-order valence-corrected chi connectivity index (χ3v) is 4.95. The lowest BCUT2D eigenvalue weighted by Gasteiger charge is -2.11. The Morgan fingerprint density at radius 3 is 2.54 bits per heavy atom. The zero-order valence-electron chi connectivity index (χ0n) is 14.4. The van der Waals surface area contributed by atoms with Gasteiger partial charge in [0.2, 0.25) is 0 Å². The van der Waals surface area contributed by atoms with Crippen LogP contribution in [0.3, 0.4) is 0 Å². The van der Waals surface area contributed by atoms with Gasteiger partial charge in [0.15, 0.2) is 5.82 Å².